The maximum Gasteiger partial charge on any atom is 0.256 e. The van der Waals surface area contributed by atoms with Crippen LogP contribution >= 0.6 is 11.9 Å². The summed E-state index contributed by atoms with van der Waals surface area (Å²) >= 11 is 1.52. The lowest BCUT2D eigenvalue weighted by Crippen LogP contribution is -2.30. The topological polar surface area (TPSA) is 32.3 Å². The fourth-order valence-corrected chi connectivity index (χ4v) is 3.46. The second-order valence-electron chi connectivity index (χ2n) is 6.37. The first-order valence-electron chi connectivity index (χ1n) is 9.09. The molecule has 1 N–H and O–H groups in total. The van der Waals surface area contributed by atoms with Gasteiger partial charge in [0.05, 0.1) is 11.3 Å². The van der Waals surface area contributed by atoms with E-state index in [2.05, 4.69) is 35.9 Å². The predicted octanol–water partition coefficient (Wildman–Crippen LogP) is 5.78. The van der Waals surface area contributed by atoms with Gasteiger partial charge in [0, 0.05) is 18.0 Å². The highest BCUT2D eigenvalue weighted by Gasteiger charge is 2.18. The van der Waals surface area contributed by atoms with Crippen molar-refractivity contribution in [2.24, 2.45) is 0 Å². The Hall–Kier alpha value is -2.72. The van der Waals surface area contributed by atoms with Crippen LogP contribution in [0.3, 0.4) is 0 Å². The fourth-order valence-electron chi connectivity index (χ4n) is 2.78. The molecule has 0 aliphatic rings. The van der Waals surface area contributed by atoms with Crippen molar-refractivity contribution in [3.8, 4) is 0 Å². The molecule has 0 bridgehead atoms. The van der Waals surface area contributed by atoms with Crippen molar-refractivity contribution in [2.75, 3.05) is 11.3 Å². The third-order valence-corrected chi connectivity index (χ3v) is 5.17. The summed E-state index contributed by atoms with van der Waals surface area (Å²) in [7, 11) is 0. The highest BCUT2D eigenvalue weighted by Crippen LogP contribution is 2.25. The SMILES string of the molecule is CCN(Cc1ccccc1)C(=O)c1ccccc1NSc1ccc(C)cc1. The van der Waals surface area contributed by atoms with Crippen LogP contribution in [0.5, 0.6) is 0 Å². The molecule has 0 saturated heterocycles. The van der Waals surface area contributed by atoms with Gasteiger partial charge in [0.1, 0.15) is 0 Å². The van der Waals surface area contributed by atoms with E-state index in [4.69, 9.17) is 0 Å². The summed E-state index contributed by atoms with van der Waals surface area (Å²) in [6.45, 7) is 5.35. The molecule has 0 aliphatic heterocycles. The summed E-state index contributed by atoms with van der Waals surface area (Å²) in [6, 6.07) is 26.1. The number of aryl methyl sites for hydroxylation is 1. The van der Waals surface area contributed by atoms with E-state index in [0.717, 1.165) is 16.1 Å². The Morgan fingerprint density at radius 3 is 2.30 bits per heavy atom. The van der Waals surface area contributed by atoms with Gasteiger partial charge in [0.2, 0.25) is 0 Å². The second-order valence-corrected chi connectivity index (χ2v) is 7.25. The van der Waals surface area contributed by atoms with Gasteiger partial charge in [0.25, 0.3) is 5.91 Å². The van der Waals surface area contributed by atoms with Crippen molar-refractivity contribution in [3.63, 3.8) is 0 Å². The van der Waals surface area contributed by atoms with Gasteiger partial charge in [-0.15, -0.1) is 0 Å². The van der Waals surface area contributed by atoms with E-state index in [1.54, 1.807) is 0 Å². The lowest BCUT2D eigenvalue weighted by Gasteiger charge is -2.22. The number of hydrogen-bond acceptors (Lipinski definition) is 3. The van der Waals surface area contributed by atoms with Gasteiger partial charge in [-0.2, -0.15) is 0 Å². The Morgan fingerprint density at radius 1 is 0.926 bits per heavy atom. The minimum Gasteiger partial charge on any atom is -0.335 e. The molecule has 0 fully saturated rings. The summed E-state index contributed by atoms with van der Waals surface area (Å²) in [5.74, 6) is 0.0361. The Balaban J connectivity index is 1.75. The Labute approximate surface area is 165 Å². The molecule has 0 spiro atoms. The quantitative estimate of drug-likeness (QED) is 0.531. The summed E-state index contributed by atoms with van der Waals surface area (Å²) in [4.78, 5) is 16.1. The van der Waals surface area contributed by atoms with Crippen LogP contribution in [0.1, 0.15) is 28.4 Å². The molecule has 1 amide bonds. The van der Waals surface area contributed by atoms with Crippen molar-refractivity contribution in [1.82, 2.24) is 4.90 Å². The van der Waals surface area contributed by atoms with Crippen LogP contribution in [0.4, 0.5) is 5.69 Å². The normalized spacial score (nSPS) is 10.4. The van der Waals surface area contributed by atoms with Gasteiger partial charge in [-0.3, -0.25) is 4.79 Å². The zero-order valence-electron chi connectivity index (χ0n) is 15.7. The van der Waals surface area contributed by atoms with Crippen LogP contribution in [0, 0.1) is 6.92 Å². The molecule has 27 heavy (non-hydrogen) atoms. The molecular formula is C23H24N2OS. The number of para-hydroxylation sites is 1. The number of nitrogens with one attached hydrogen (secondary N) is 1. The van der Waals surface area contributed by atoms with Gasteiger partial charge in [-0.05, 0) is 55.6 Å². The molecule has 3 aromatic rings. The van der Waals surface area contributed by atoms with Crippen LogP contribution in [-0.2, 0) is 6.54 Å². The van der Waals surface area contributed by atoms with E-state index in [0.29, 0.717) is 18.7 Å². The number of carbonyl (C=O) groups is 1. The maximum absolute atomic E-state index is 13.1. The molecule has 0 radical (unpaired) electrons. The van der Waals surface area contributed by atoms with Crippen LogP contribution in [0.2, 0.25) is 0 Å². The van der Waals surface area contributed by atoms with Gasteiger partial charge < -0.3 is 9.62 Å². The number of hydrogen-bond donors (Lipinski definition) is 1. The fraction of sp³-hybridized carbons (Fsp3) is 0.174. The monoisotopic (exact) mass is 376 g/mol. The molecule has 4 heteroatoms. The smallest absolute Gasteiger partial charge is 0.256 e. The molecular weight excluding hydrogens is 352 g/mol. The van der Waals surface area contributed by atoms with Crippen LogP contribution in [0.25, 0.3) is 0 Å². The maximum atomic E-state index is 13.1. The van der Waals surface area contributed by atoms with Crippen molar-refractivity contribution in [2.45, 2.75) is 25.3 Å². The van der Waals surface area contributed by atoms with E-state index < -0.39 is 0 Å². The third kappa shape index (κ3) is 5.14. The number of carbonyl (C=O) groups excluding carboxylic acids is 1. The molecule has 0 aliphatic carbocycles. The number of benzene rings is 3. The molecule has 0 atom stereocenters. The summed E-state index contributed by atoms with van der Waals surface area (Å²) in [5, 5.41) is 0. The number of nitrogens with zero attached hydrogens (tertiary/aromatic N) is 1. The van der Waals surface area contributed by atoms with E-state index in [1.165, 1.54) is 17.5 Å². The Morgan fingerprint density at radius 2 is 1.59 bits per heavy atom. The molecule has 3 rings (SSSR count). The van der Waals surface area contributed by atoms with E-state index in [9.17, 15) is 4.79 Å². The van der Waals surface area contributed by atoms with Gasteiger partial charge in [-0.25, -0.2) is 0 Å². The lowest BCUT2D eigenvalue weighted by molar-refractivity contribution is 0.0753. The summed E-state index contributed by atoms with van der Waals surface area (Å²) < 4.78 is 3.34. The number of amides is 1. The first-order chi connectivity index (χ1) is 13.2. The van der Waals surface area contributed by atoms with Crippen LogP contribution in [0.15, 0.2) is 83.8 Å². The molecule has 0 saturated carbocycles. The average molecular weight is 377 g/mol. The molecule has 3 aromatic carbocycles. The number of rotatable bonds is 7. The lowest BCUT2D eigenvalue weighted by atomic mass is 10.1. The van der Waals surface area contributed by atoms with Crippen LogP contribution < -0.4 is 4.72 Å². The zero-order valence-corrected chi connectivity index (χ0v) is 16.5. The minimum absolute atomic E-state index is 0.0361. The largest absolute Gasteiger partial charge is 0.335 e. The van der Waals surface area contributed by atoms with Crippen molar-refractivity contribution in [1.29, 1.82) is 0 Å². The number of anilines is 1. The van der Waals surface area contributed by atoms with Crippen LogP contribution in [-0.4, -0.2) is 17.4 Å². The van der Waals surface area contributed by atoms with Crippen molar-refractivity contribution >= 4 is 23.5 Å². The van der Waals surface area contributed by atoms with Gasteiger partial charge >= 0.3 is 0 Å². The minimum atomic E-state index is 0.0361. The second kappa shape index (κ2) is 9.28. The first kappa shape index (κ1) is 19.1. The van der Waals surface area contributed by atoms with Gasteiger partial charge in [0.15, 0.2) is 0 Å². The van der Waals surface area contributed by atoms with E-state index >= 15 is 0 Å². The standard InChI is InChI=1S/C23H24N2OS/c1-3-25(17-19-9-5-4-6-10-19)23(26)21-11-7-8-12-22(21)24-27-20-15-13-18(2)14-16-20/h4-16,24H,3,17H2,1-2H3. The molecule has 0 aromatic heterocycles. The predicted molar refractivity (Wildman–Crippen MR) is 114 cm³/mol. The first-order valence-corrected chi connectivity index (χ1v) is 9.90. The van der Waals surface area contributed by atoms with Crippen molar-refractivity contribution in [3.05, 3.63) is 95.6 Å². The zero-order chi connectivity index (χ0) is 19.1. The highest BCUT2D eigenvalue weighted by atomic mass is 32.2. The molecule has 138 valence electrons. The molecule has 3 nitrogen and oxygen atoms in total. The Bertz CT molecular complexity index is 878. The highest BCUT2D eigenvalue weighted by molar-refractivity contribution is 8.00. The third-order valence-electron chi connectivity index (χ3n) is 4.34. The van der Waals surface area contributed by atoms with E-state index in [1.807, 2.05) is 66.4 Å². The molecule has 0 heterocycles. The summed E-state index contributed by atoms with van der Waals surface area (Å²) in [5.41, 5.74) is 3.89. The molecule has 0 unspecified atom stereocenters. The average Bonchev–Trinajstić information content (AvgIpc) is 2.72. The van der Waals surface area contributed by atoms with Crippen molar-refractivity contribution < 1.29 is 4.79 Å². The van der Waals surface area contributed by atoms with Gasteiger partial charge in [-0.1, -0.05) is 60.2 Å². The Kier molecular flexibility index (Phi) is 6.55. The summed E-state index contributed by atoms with van der Waals surface area (Å²) in [6.07, 6.45) is 0. The van der Waals surface area contributed by atoms with E-state index in [-0.39, 0.29) is 5.91 Å².